The van der Waals surface area contributed by atoms with E-state index in [-0.39, 0.29) is 11.2 Å². The summed E-state index contributed by atoms with van der Waals surface area (Å²) in [4.78, 5) is 23.6. The van der Waals surface area contributed by atoms with Crippen molar-refractivity contribution in [3.63, 3.8) is 0 Å². The van der Waals surface area contributed by atoms with Gasteiger partial charge in [-0.2, -0.15) is 0 Å². The highest BCUT2D eigenvalue weighted by molar-refractivity contribution is 8.15. The Morgan fingerprint density at radius 1 is 1.37 bits per heavy atom. The Balaban J connectivity index is 1.58. The van der Waals surface area contributed by atoms with Gasteiger partial charge in [-0.15, -0.1) is 0 Å². The van der Waals surface area contributed by atoms with Crippen LogP contribution in [0.25, 0.3) is 10.9 Å². The fourth-order valence-corrected chi connectivity index (χ4v) is 4.88. The summed E-state index contributed by atoms with van der Waals surface area (Å²) in [6.45, 7) is 0.626. The van der Waals surface area contributed by atoms with Crippen LogP contribution in [0.1, 0.15) is 12.1 Å². The van der Waals surface area contributed by atoms with E-state index < -0.39 is 0 Å². The quantitative estimate of drug-likeness (QED) is 0.622. The van der Waals surface area contributed by atoms with Crippen LogP contribution in [0.5, 0.6) is 0 Å². The maximum Gasteiger partial charge on any atom is 0.218 e. The molecule has 1 aliphatic heterocycles. The first-order valence-corrected chi connectivity index (χ1v) is 10.2. The number of aromatic nitrogens is 2. The molecule has 0 saturated carbocycles. The lowest BCUT2D eigenvalue weighted by atomic mass is 10.2. The summed E-state index contributed by atoms with van der Waals surface area (Å²) in [6, 6.07) is 14.2. The minimum absolute atomic E-state index is 0.130. The van der Waals surface area contributed by atoms with Gasteiger partial charge in [-0.05, 0) is 24.3 Å². The molecular weight excluding hydrogens is 378 g/mol. The van der Waals surface area contributed by atoms with Gasteiger partial charge >= 0.3 is 0 Å². The first kappa shape index (κ1) is 17.9. The molecule has 3 N–H and O–H groups in total. The summed E-state index contributed by atoms with van der Waals surface area (Å²) < 4.78 is 2.10. The molecule has 1 unspecified atom stereocenters. The van der Waals surface area contributed by atoms with Crippen molar-refractivity contribution in [1.29, 1.82) is 0 Å². The van der Waals surface area contributed by atoms with Crippen LogP contribution in [0.2, 0.25) is 0 Å². The number of rotatable bonds is 6. The largest absolute Gasteiger partial charge is 0.370 e. The molecule has 27 heavy (non-hydrogen) atoms. The standard InChI is InChI=1S/C19H19N5OS2/c1-24(27-17-7-2-3-8-21-17)15-6-4-5-12-9-14(23-18(12)15)19-22-11-13(26-19)10-16(20)25/h2-9,13,23H,10-11H2,1H3,(H2,20,25). The minimum Gasteiger partial charge on any atom is -0.370 e. The van der Waals surface area contributed by atoms with Crippen LogP contribution in [-0.4, -0.2) is 39.8 Å². The molecule has 0 saturated heterocycles. The van der Waals surface area contributed by atoms with Gasteiger partial charge in [-0.1, -0.05) is 30.0 Å². The number of hydrogen-bond donors (Lipinski definition) is 2. The summed E-state index contributed by atoms with van der Waals surface area (Å²) in [7, 11) is 2.03. The second-order valence-corrected chi connectivity index (χ2v) is 8.67. The summed E-state index contributed by atoms with van der Waals surface area (Å²) in [5.41, 5.74) is 8.42. The number of fused-ring (bicyclic) bond motifs is 1. The van der Waals surface area contributed by atoms with Crippen molar-refractivity contribution < 1.29 is 4.79 Å². The van der Waals surface area contributed by atoms with Gasteiger partial charge in [0.1, 0.15) is 10.1 Å². The van der Waals surface area contributed by atoms with E-state index in [1.54, 1.807) is 29.9 Å². The predicted octanol–water partition coefficient (Wildman–Crippen LogP) is 3.44. The number of carbonyl (C=O) groups excluding carboxylic acids is 1. The van der Waals surface area contributed by atoms with Gasteiger partial charge in [-0.3, -0.25) is 9.79 Å². The average Bonchev–Trinajstić information content (AvgIpc) is 3.28. The zero-order chi connectivity index (χ0) is 18.8. The number of H-pyrrole nitrogens is 1. The van der Waals surface area contributed by atoms with Crippen molar-refractivity contribution in [2.24, 2.45) is 10.7 Å². The molecule has 8 heteroatoms. The lowest BCUT2D eigenvalue weighted by Gasteiger charge is -2.18. The maximum atomic E-state index is 11.1. The number of thioether (sulfide) groups is 1. The van der Waals surface area contributed by atoms with E-state index >= 15 is 0 Å². The molecule has 0 aliphatic carbocycles. The molecule has 0 fully saturated rings. The zero-order valence-electron chi connectivity index (χ0n) is 14.8. The van der Waals surface area contributed by atoms with E-state index in [0.29, 0.717) is 13.0 Å². The van der Waals surface area contributed by atoms with Crippen molar-refractivity contribution >= 4 is 51.3 Å². The second-order valence-electron chi connectivity index (χ2n) is 6.24. The first-order chi connectivity index (χ1) is 13.1. The Bertz CT molecular complexity index is 1000. The Kier molecular flexibility index (Phi) is 5.09. The van der Waals surface area contributed by atoms with Crippen molar-refractivity contribution in [3.05, 3.63) is 54.4 Å². The Hall–Kier alpha value is -2.45. The minimum atomic E-state index is -0.281. The third-order valence-corrected chi connectivity index (χ3v) is 6.34. The van der Waals surface area contributed by atoms with E-state index in [0.717, 1.165) is 32.4 Å². The number of hydrogen-bond acceptors (Lipinski definition) is 6. The lowest BCUT2D eigenvalue weighted by molar-refractivity contribution is -0.117. The molecule has 0 radical (unpaired) electrons. The highest BCUT2D eigenvalue weighted by Gasteiger charge is 2.24. The van der Waals surface area contributed by atoms with Crippen molar-refractivity contribution in [2.45, 2.75) is 16.7 Å². The van der Waals surface area contributed by atoms with Gasteiger partial charge in [-0.25, -0.2) is 4.98 Å². The van der Waals surface area contributed by atoms with E-state index in [4.69, 9.17) is 5.73 Å². The molecule has 138 valence electrons. The van der Waals surface area contributed by atoms with E-state index in [2.05, 4.69) is 37.5 Å². The fraction of sp³-hybridized carbons (Fsp3) is 0.211. The number of para-hydroxylation sites is 1. The van der Waals surface area contributed by atoms with E-state index in [1.807, 2.05) is 31.3 Å². The Morgan fingerprint density at radius 2 is 2.26 bits per heavy atom. The van der Waals surface area contributed by atoms with Crippen LogP contribution in [0, 0.1) is 0 Å². The van der Waals surface area contributed by atoms with Gasteiger partial charge in [0.25, 0.3) is 0 Å². The molecule has 6 nitrogen and oxygen atoms in total. The van der Waals surface area contributed by atoms with Crippen LogP contribution >= 0.6 is 23.7 Å². The molecule has 3 heterocycles. The highest BCUT2D eigenvalue weighted by Crippen LogP contribution is 2.34. The molecule has 0 bridgehead atoms. The van der Waals surface area contributed by atoms with Crippen LogP contribution in [0.4, 0.5) is 5.69 Å². The Morgan fingerprint density at radius 3 is 3.04 bits per heavy atom. The van der Waals surface area contributed by atoms with E-state index in [9.17, 15) is 4.79 Å². The number of nitrogens with one attached hydrogen (secondary N) is 1. The summed E-state index contributed by atoms with van der Waals surface area (Å²) in [5.74, 6) is -0.281. The monoisotopic (exact) mass is 397 g/mol. The fourth-order valence-electron chi connectivity index (χ4n) is 3.00. The van der Waals surface area contributed by atoms with Crippen LogP contribution in [0.3, 0.4) is 0 Å². The average molecular weight is 398 g/mol. The number of anilines is 1. The lowest BCUT2D eigenvalue weighted by Crippen LogP contribution is -2.18. The topological polar surface area (TPSA) is 87.4 Å². The number of pyridine rings is 1. The van der Waals surface area contributed by atoms with Gasteiger partial charge in [0.05, 0.1) is 23.4 Å². The van der Waals surface area contributed by atoms with Crippen molar-refractivity contribution in [3.8, 4) is 0 Å². The molecule has 0 spiro atoms. The van der Waals surface area contributed by atoms with Gasteiger partial charge in [0.15, 0.2) is 0 Å². The number of nitrogens with zero attached hydrogens (tertiary/aromatic N) is 3. The van der Waals surface area contributed by atoms with E-state index in [1.165, 1.54) is 0 Å². The number of nitrogens with two attached hydrogens (primary N) is 1. The number of benzene rings is 1. The number of amides is 1. The van der Waals surface area contributed by atoms with Crippen LogP contribution < -0.4 is 10.0 Å². The first-order valence-electron chi connectivity index (χ1n) is 8.54. The molecule has 3 aromatic rings. The van der Waals surface area contributed by atoms with Crippen molar-refractivity contribution in [1.82, 2.24) is 9.97 Å². The molecule has 2 aromatic heterocycles. The zero-order valence-corrected chi connectivity index (χ0v) is 16.4. The third kappa shape index (κ3) is 3.96. The van der Waals surface area contributed by atoms with Crippen molar-refractivity contribution in [2.75, 3.05) is 17.9 Å². The predicted molar refractivity (Wildman–Crippen MR) is 113 cm³/mol. The molecule has 1 aromatic carbocycles. The summed E-state index contributed by atoms with van der Waals surface area (Å²) in [6.07, 6.45) is 2.15. The third-order valence-electron chi connectivity index (χ3n) is 4.22. The highest BCUT2D eigenvalue weighted by atomic mass is 32.2. The number of carbonyl (C=O) groups is 1. The molecular formula is C19H19N5OS2. The molecule has 1 aliphatic rings. The molecule has 1 atom stereocenters. The molecule has 4 rings (SSSR count). The molecule has 1 amide bonds. The number of aromatic amines is 1. The van der Waals surface area contributed by atoms with Gasteiger partial charge < -0.3 is 15.0 Å². The summed E-state index contributed by atoms with van der Waals surface area (Å²) in [5, 5.41) is 3.13. The number of aliphatic imine (C=N–C) groups is 1. The van der Waals surface area contributed by atoms with Gasteiger partial charge in [0.2, 0.25) is 5.91 Å². The normalized spacial score (nSPS) is 16.5. The maximum absolute atomic E-state index is 11.1. The summed E-state index contributed by atoms with van der Waals surface area (Å²) >= 11 is 3.19. The number of primary amides is 1. The second kappa shape index (κ2) is 7.66. The van der Waals surface area contributed by atoms with Crippen LogP contribution in [0.15, 0.2) is 58.7 Å². The van der Waals surface area contributed by atoms with Gasteiger partial charge in [0, 0.05) is 42.2 Å². The smallest absolute Gasteiger partial charge is 0.218 e. The SMILES string of the molecule is CN(Sc1ccccn1)c1cccc2cc(C3=NCC(CC(N)=O)S3)[nH]c12. The van der Waals surface area contributed by atoms with Crippen LogP contribution in [-0.2, 0) is 4.79 Å². The Labute approximate surface area is 165 Å².